The molecule has 3 aliphatic rings. The van der Waals surface area contributed by atoms with E-state index < -0.39 is 0 Å². The molecule has 10 nitrogen and oxygen atoms in total. The Bertz CT molecular complexity index is 1500. The third kappa shape index (κ3) is 4.47. The third-order valence-corrected chi connectivity index (χ3v) is 8.20. The van der Waals surface area contributed by atoms with Crippen LogP contribution in [0.5, 0.6) is 0 Å². The predicted octanol–water partition coefficient (Wildman–Crippen LogP) is 4.92. The minimum Gasteiger partial charge on any atom is -0.351 e. The molecule has 194 valence electrons. The molecule has 1 saturated carbocycles. The highest BCUT2D eigenvalue weighted by molar-refractivity contribution is 5.94. The van der Waals surface area contributed by atoms with Crippen molar-refractivity contribution < 1.29 is 0 Å². The van der Waals surface area contributed by atoms with Crippen LogP contribution in [0.4, 0.5) is 17.6 Å². The molecule has 3 fully saturated rings. The summed E-state index contributed by atoms with van der Waals surface area (Å²) in [6, 6.07) is 12.5. The van der Waals surface area contributed by atoms with Crippen LogP contribution in [-0.4, -0.2) is 59.5 Å². The molecule has 3 aromatic heterocycles. The zero-order valence-corrected chi connectivity index (χ0v) is 21.6. The fourth-order valence-corrected chi connectivity index (χ4v) is 6.22. The lowest BCUT2D eigenvalue weighted by Crippen LogP contribution is -2.47. The molecule has 1 aromatic carbocycles. The lowest BCUT2D eigenvalue weighted by molar-refractivity contribution is 0.135. The van der Waals surface area contributed by atoms with Crippen molar-refractivity contribution in [1.29, 1.82) is 5.26 Å². The standard InChI is InChI=1S/C28H32N10/c1-17-11-26(36-35-17)33-27-24-8-3-18(19-15-30-38(16-19)21-4-5-21)12-25(24)32-28(34-27)31-20-13-22-6-7-23(14-20)37(22)10-2-9-29/h3,8,11-12,15-16,20-23H,2,4-7,10,13-14H2,1H3,(H3,31,32,33,34,35,36)/t20-,22-,23+. The van der Waals surface area contributed by atoms with Crippen molar-refractivity contribution in [1.82, 2.24) is 34.8 Å². The van der Waals surface area contributed by atoms with Gasteiger partial charge in [-0.25, -0.2) is 4.98 Å². The van der Waals surface area contributed by atoms with Gasteiger partial charge in [-0.15, -0.1) is 0 Å². The van der Waals surface area contributed by atoms with Gasteiger partial charge in [-0.05, 0) is 63.1 Å². The molecule has 2 saturated heterocycles. The zero-order valence-electron chi connectivity index (χ0n) is 21.6. The number of hydrogen-bond donors (Lipinski definition) is 3. The summed E-state index contributed by atoms with van der Waals surface area (Å²) in [7, 11) is 0. The number of fused-ring (bicyclic) bond motifs is 3. The number of hydrogen-bond acceptors (Lipinski definition) is 8. The van der Waals surface area contributed by atoms with E-state index in [0.717, 1.165) is 58.7 Å². The largest absolute Gasteiger partial charge is 0.351 e. The molecule has 7 rings (SSSR count). The van der Waals surface area contributed by atoms with Crippen LogP contribution in [-0.2, 0) is 0 Å². The van der Waals surface area contributed by atoms with Crippen LogP contribution >= 0.6 is 0 Å². The van der Waals surface area contributed by atoms with Crippen LogP contribution in [0.15, 0.2) is 36.7 Å². The van der Waals surface area contributed by atoms with Crippen LogP contribution in [0.3, 0.4) is 0 Å². The highest BCUT2D eigenvalue weighted by atomic mass is 15.3. The van der Waals surface area contributed by atoms with E-state index in [2.05, 4.69) is 66.0 Å². The fourth-order valence-electron chi connectivity index (χ4n) is 6.22. The highest BCUT2D eigenvalue weighted by Gasteiger charge is 2.40. The Hall–Kier alpha value is -3.97. The van der Waals surface area contributed by atoms with Crippen LogP contribution in [0.25, 0.3) is 22.0 Å². The van der Waals surface area contributed by atoms with E-state index >= 15 is 0 Å². The molecule has 2 bridgehead atoms. The minimum atomic E-state index is 0.309. The van der Waals surface area contributed by atoms with Gasteiger partial charge < -0.3 is 10.6 Å². The number of rotatable bonds is 8. The van der Waals surface area contributed by atoms with Gasteiger partial charge in [0.1, 0.15) is 5.82 Å². The molecular weight excluding hydrogens is 476 g/mol. The molecule has 2 aliphatic heterocycles. The van der Waals surface area contributed by atoms with Gasteiger partial charge in [-0.2, -0.15) is 20.4 Å². The first-order valence-corrected chi connectivity index (χ1v) is 13.7. The molecule has 38 heavy (non-hydrogen) atoms. The summed E-state index contributed by atoms with van der Waals surface area (Å²) in [6.45, 7) is 2.86. The summed E-state index contributed by atoms with van der Waals surface area (Å²) in [5.41, 5.74) is 4.06. The quantitative estimate of drug-likeness (QED) is 0.306. The molecule has 0 amide bonds. The topological polar surface area (TPSA) is 123 Å². The summed E-state index contributed by atoms with van der Waals surface area (Å²) < 4.78 is 2.08. The molecule has 3 atom stereocenters. The molecule has 5 heterocycles. The summed E-state index contributed by atoms with van der Waals surface area (Å²) in [5.74, 6) is 2.10. The summed E-state index contributed by atoms with van der Waals surface area (Å²) >= 11 is 0. The maximum absolute atomic E-state index is 9.05. The van der Waals surface area contributed by atoms with Gasteiger partial charge in [0.05, 0.1) is 23.8 Å². The van der Waals surface area contributed by atoms with Crippen molar-refractivity contribution in [3.8, 4) is 17.2 Å². The van der Waals surface area contributed by atoms with Gasteiger partial charge in [-0.1, -0.05) is 6.07 Å². The van der Waals surface area contributed by atoms with Crippen LogP contribution < -0.4 is 10.6 Å². The first-order chi connectivity index (χ1) is 18.6. The molecule has 3 N–H and O–H groups in total. The Labute approximate surface area is 221 Å². The number of H-pyrrole nitrogens is 1. The second-order valence-electron chi connectivity index (χ2n) is 11.0. The lowest BCUT2D eigenvalue weighted by Gasteiger charge is -2.38. The number of aryl methyl sites for hydroxylation is 1. The Morgan fingerprint density at radius 3 is 2.61 bits per heavy atom. The number of nitriles is 1. The van der Waals surface area contributed by atoms with Gasteiger partial charge in [0.25, 0.3) is 0 Å². The molecule has 4 aromatic rings. The van der Waals surface area contributed by atoms with E-state index in [1.165, 1.54) is 25.7 Å². The molecular formula is C28H32N10. The molecule has 0 radical (unpaired) electrons. The number of piperidine rings is 1. The van der Waals surface area contributed by atoms with Crippen molar-refractivity contribution in [2.24, 2.45) is 0 Å². The van der Waals surface area contributed by atoms with E-state index in [0.29, 0.717) is 36.5 Å². The van der Waals surface area contributed by atoms with Gasteiger partial charge >= 0.3 is 0 Å². The van der Waals surface area contributed by atoms with Crippen molar-refractivity contribution in [3.05, 3.63) is 42.4 Å². The van der Waals surface area contributed by atoms with Gasteiger partial charge in [-0.3, -0.25) is 14.7 Å². The van der Waals surface area contributed by atoms with E-state index in [-0.39, 0.29) is 0 Å². The van der Waals surface area contributed by atoms with Crippen LogP contribution in [0.1, 0.15) is 56.7 Å². The number of nitrogens with zero attached hydrogens (tertiary/aromatic N) is 7. The SMILES string of the molecule is Cc1cc(Nc2nc(N[C@@H]3C[C@H]4CC[C@@H](C3)N4CCC#N)nc3cc(-c4cnn(C5CC5)c4)ccc23)n[nH]1. The second-order valence-corrected chi connectivity index (χ2v) is 11.0. The Morgan fingerprint density at radius 2 is 1.87 bits per heavy atom. The van der Waals surface area contributed by atoms with Crippen molar-refractivity contribution >= 4 is 28.5 Å². The fraction of sp³-hybridized carbons (Fsp3) is 0.464. The lowest BCUT2D eigenvalue weighted by atomic mass is 9.97. The molecule has 10 heteroatoms. The van der Waals surface area contributed by atoms with E-state index in [9.17, 15) is 0 Å². The number of aromatic amines is 1. The summed E-state index contributed by atoms with van der Waals surface area (Å²) in [5, 5.41) is 29.0. The maximum Gasteiger partial charge on any atom is 0.225 e. The second kappa shape index (κ2) is 9.40. The van der Waals surface area contributed by atoms with E-state index in [4.69, 9.17) is 15.2 Å². The number of nitrogens with one attached hydrogen (secondary N) is 3. The average Bonchev–Trinajstić information content (AvgIpc) is 3.41. The van der Waals surface area contributed by atoms with Crippen molar-refractivity contribution in [2.75, 3.05) is 17.2 Å². The average molecular weight is 509 g/mol. The maximum atomic E-state index is 9.05. The van der Waals surface area contributed by atoms with Crippen LogP contribution in [0.2, 0.25) is 0 Å². The first-order valence-electron chi connectivity index (χ1n) is 13.7. The van der Waals surface area contributed by atoms with Gasteiger partial charge in [0.2, 0.25) is 5.95 Å². The third-order valence-electron chi connectivity index (χ3n) is 8.20. The Balaban J connectivity index is 1.19. The van der Waals surface area contributed by atoms with Gasteiger partial charge in [0.15, 0.2) is 5.82 Å². The van der Waals surface area contributed by atoms with Crippen molar-refractivity contribution in [2.45, 2.75) is 76.0 Å². The summed E-state index contributed by atoms with van der Waals surface area (Å²) in [4.78, 5) is 12.4. The van der Waals surface area contributed by atoms with E-state index in [1.54, 1.807) is 0 Å². The smallest absolute Gasteiger partial charge is 0.225 e. The zero-order chi connectivity index (χ0) is 25.6. The number of aromatic nitrogens is 6. The molecule has 1 aliphatic carbocycles. The summed E-state index contributed by atoms with van der Waals surface area (Å²) in [6.07, 6.45) is 11.6. The normalized spacial score (nSPS) is 23.0. The van der Waals surface area contributed by atoms with Gasteiger partial charge in [0, 0.05) is 60.0 Å². The number of anilines is 3. The monoisotopic (exact) mass is 508 g/mol. The highest BCUT2D eigenvalue weighted by Crippen LogP contribution is 2.38. The first kappa shape index (κ1) is 23.2. The van der Waals surface area contributed by atoms with E-state index in [1.807, 2.05) is 19.2 Å². The molecule has 0 spiro atoms. The molecule has 0 unspecified atom stereocenters. The van der Waals surface area contributed by atoms with Crippen LogP contribution in [0, 0.1) is 18.3 Å². The number of benzene rings is 1. The predicted molar refractivity (Wildman–Crippen MR) is 146 cm³/mol. The Morgan fingerprint density at radius 1 is 1.05 bits per heavy atom. The van der Waals surface area contributed by atoms with Crippen molar-refractivity contribution in [3.63, 3.8) is 0 Å². The minimum absolute atomic E-state index is 0.309. The Kier molecular flexibility index (Phi) is 5.73.